The van der Waals surface area contributed by atoms with E-state index in [4.69, 9.17) is 25.8 Å². The van der Waals surface area contributed by atoms with Crippen LogP contribution in [0.15, 0.2) is 72.8 Å². The number of carbonyl (C=O) groups excluding carboxylic acids is 4. The molecular weight excluding hydrogens is 617 g/mol. The quantitative estimate of drug-likeness (QED) is 0.191. The predicted molar refractivity (Wildman–Crippen MR) is 171 cm³/mol. The van der Waals surface area contributed by atoms with Gasteiger partial charge in [0.05, 0.1) is 25.3 Å². The lowest BCUT2D eigenvalue weighted by Gasteiger charge is -2.27. The van der Waals surface area contributed by atoms with Crippen LogP contribution in [-0.2, 0) is 27.3 Å². The highest BCUT2D eigenvalue weighted by Gasteiger charge is 2.41. The first-order chi connectivity index (χ1) is 21.7. The van der Waals surface area contributed by atoms with E-state index in [0.29, 0.717) is 12.0 Å². The van der Waals surface area contributed by atoms with Crippen LogP contribution in [0.1, 0.15) is 67.2 Å². The second-order valence-corrected chi connectivity index (χ2v) is 12.0. The molecule has 0 fully saturated rings. The highest BCUT2D eigenvalue weighted by Crippen LogP contribution is 2.29. The van der Waals surface area contributed by atoms with Crippen molar-refractivity contribution in [1.82, 2.24) is 16.0 Å². The fourth-order valence-electron chi connectivity index (χ4n) is 4.46. The van der Waals surface area contributed by atoms with Gasteiger partial charge in [-0.25, -0.2) is 18.8 Å². The van der Waals surface area contributed by atoms with Crippen LogP contribution in [-0.4, -0.2) is 48.9 Å². The number of benzene rings is 3. The number of urea groups is 1. The number of amides is 4. The maximum atomic E-state index is 16.5. The van der Waals surface area contributed by atoms with E-state index in [1.54, 1.807) is 58.0 Å². The highest BCUT2D eigenvalue weighted by atomic mass is 35.5. The number of hydrogen-bond acceptors (Lipinski definition) is 7. The lowest BCUT2D eigenvalue weighted by atomic mass is 9.94. The third kappa shape index (κ3) is 10.8. The topological polar surface area (TPSA) is 132 Å². The van der Waals surface area contributed by atoms with Gasteiger partial charge in [0.25, 0.3) is 5.91 Å². The molecule has 0 aliphatic rings. The van der Waals surface area contributed by atoms with Crippen molar-refractivity contribution in [3.63, 3.8) is 0 Å². The molecular formula is C34H39ClFN3O7. The molecule has 46 heavy (non-hydrogen) atoms. The van der Waals surface area contributed by atoms with E-state index in [1.807, 2.05) is 30.3 Å². The Balaban J connectivity index is 1.74. The second kappa shape index (κ2) is 16.1. The first kappa shape index (κ1) is 35.8. The summed E-state index contributed by atoms with van der Waals surface area (Å²) in [5.74, 6) is -1.60. The molecule has 12 heteroatoms. The molecule has 4 amide bonds. The fourth-order valence-corrected chi connectivity index (χ4v) is 4.65. The van der Waals surface area contributed by atoms with Crippen molar-refractivity contribution in [3.8, 4) is 5.75 Å². The summed E-state index contributed by atoms with van der Waals surface area (Å²) >= 11 is 6.11. The van der Waals surface area contributed by atoms with Crippen LogP contribution < -0.4 is 20.7 Å². The normalized spacial score (nSPS) is 13.0. The summed E-state index contributed by atoms with van der Waals surface area (Å²) in [7, 11) is 1.38. The molecule has 3 rings (SSSR count). The second-order valence-electron chi connectivity index (χ2n) is 11.5. The number of esters is 1. The minimum atomic E-state index is -2.82. The van der Waals surface area contributed by atoms with Gasteiger partial charge >= 0.3 is 18.1 Å². The Morgan fingerprint density at radius 2 is 1.67 bits per heavy atom. The average Bonchev–Trinajstić information content (AvgIpc) is 3.01. The average molecular weight is 656 g/mol. The summed E-state index contributed by atoms with van der Waals surface area (Å²) in [4.78, 5) is 51.4. The Morgan fingerprint density at radius 3 is 2.33 bits per heavy atom. The molecule has 2 unspecified atom stereocenters. The molecule has 3 aromatic carbocycles. The van der Waals surface area contributed by atoms with Gasteiger partial charge < -0.3 is 24.8 Å². The van der Waals surface area contributed by atoms with Gasteiger partial charge in [-0.15, -0.1) is 0 Å². The number of hydrogen-bond donors (Lipinski definition) is 3. The van der Waals surface area contributed by atoms with Gasteiger partial charge in [-0.1, -0.05) is 61.0 Å². The largest absolute Gasteiger partial charge is 0.496 e. The Morgan fingerprint density at radius 1 is 0.957 bits per heavy atom. The molecule has 0 saturated carbocycles. The zero-order chi connectivity index (χ0) is 33.9. The molecule has 0 saturated heterocycles. The number of alkyl halides is 1. The Labute approximate surface area is 272 Å². The van der Waals surface area contributed by atoms with Crippen molar-refractivity contribution in [2.24, 2.45) is 0 Å². The van der Waals surface area contributed by atoms with Gasteiger partial charge in [-0.3, -0.25) is 10.1 Å². The Bertz CT molecular complexity index is 1530. The minimum Gasteiger partial charge on any atom is -0.496 e. The molecule has 0 radical (unpaired) electrons. The number of methoxy groups -OCH3 is 1. The minimum absolute atomic E-state index is 0.0959. The van der Waals surface area contributed by atoms with Crippen LogP contribution >= 0.6 is 11.6 Å². The number of carbonyl (C=O) groups is 4. The number of alkyl carbamates (subject to hydrolysis) is 1. The van der Waals surface area contributed by atoms with E-state index in [-0.39, 0.29) is 28.5 Å². The van der Waals surface area contributed by atoms with Crippen LogP contribution in [0.3, 0.4) is 0 Å². The summed E-state index contributed by atoms with van der Waals surface area (Å²) in [6, 6.07) is 18.6. The van der Waals surface area contributed by atoms with Crippen molar-refractivity contribution in [2.75, 3.05) is 13.7 Å². The van der Waals surface area contributed by atoms with E-state index in [0.717, 1.165) is 5.56 Å². The lowest BCUT2D eigenvalue weighted by Crippen LogP contribution is -2.56. The summed E-state index contributed by atoms with van der Waals surface area (Å²) < 4.78 is 32.4. The molecule has 3 aromatic rings. The van der Waals surface area contributed by atoms with E-state index < -0.39 is 54.3 Å². The van der Waals surface area contributed by atoms with Gasteiger partial charge in [0.1, 0.15) is 18.0 Å². The summed E-state index contributed by atoms with van der Waals surface area (Å²) in [6.07, 6.45) is -1.15. The third-order valence-electron chi connectivity index (χ3n) is 6.71. The third-order valence-corrected chi connectivity index (χ3v) is 6.95. The summed E-state index contributed by atoms with van der Waals surface area (Å²) in [5, 5.41) is 7.25. The number of halogens is 2. The van der Waals surface area contributed by atoms with Crippen LogP contribution in [0, 0.1) is 0 Å². The SMILES string of the molecule is CCC(NC(=O)NC(=O)C(F)(CNC(=O)OC(C)(C)C)Cc1cc(Cl)ccc1OC)c1cccc(C(=O)OCc2ccccc2)c1. The van der Waals surface area contributed by atoms with Gasteiger partial charge in [0.15, 0.2) is 0 Å². The van der Waals surface area contributed by atoms with E-state index >= 15 is 4.39 Å². The van der Waals surface area contributed by atoms with Crippen molar-refractivity contribution in [2.45, 2.75) is 64.5 Å². The van der Waals surface area contributed by atoms with Crippen LogP contribution in [0.5, 0.6) is 5.75 Å². The molecule has 0 heterocycles. The number of imide groups is 1. The van der Waals surface area contributed by atoms with Gasteiger partial charge in [0, 0.05) is 11.4 Å². The summed E-state index contributed by atoms with van der Waals surface area (Å²) in [6.45, 7) is 5.98. The first-order valence-electron chi connectivity index (χ1n) is 14.6. The molecule has 0 bridgehead atoms. The van der Waals surface area contributed by atoms with Crippen molar-refractivity contribution >= 4 is 35.6 Å². The molecule has 0 aliphatic heterocycles. The molecule has 2 atom stereocenters. The predicted octanol–water partition coefficient (Wildman–Crippen LogP) is 6.46. The van der Waals surface area contributed by atoms with E-state index in [1.165, 1.54) is 19.2 Å². The molecule has 0 aliphatic carbocycles. The van der Waals surface area contributed by atoms with Gasteiger partial charge in [0.2, 0.25) is 5.67 Å². The molecule has 246 valence electrons. The molecule has 10 nitrogen and oxygen atoms in total. The van der Waals surface area contributed by atoms with Gasteiger partial charge in [-0.05, 0) is 74.2 Å². The standard InChI is InChI=1S/C34H39ClFN3O7/c1-6-27(23-13-10-14-24(17-23)29(40)45-20-22-11-8-7-9-12-22)38-31(42)39-30(41)34(36,21-37-32(43)46-33(2,3)4)19-25-18-26(35)15-16-28(25)44-5/h7-18,27H,6,19-21H2,1-5H3,(H,37,43)(H2,38,39,41,42). The Hall–Kier alpha value is -4.64. The van der Waals surface area contributed by atoms with Crippen LogP contribution in [0.25, 0.3) is 0 Å². The molecule has 3 N–H and O–H groups in total. The Kier molecular flexibility index (Phi) is 12.5. The summed E-state index contributed by atoms with van der Waals surface area (Å²) in [5.41, 5.74) is -1.78. The zero-order valence-corrected chi connectivity index (χ0v) is 27.2. The van der Waals surface area contributed by atoms with Crippen molar-refractivity contribution < 1.29 is 37.8 Å². The highest BCUT2D eigenvalue weighted by molar-refractivity contribution is 6.30. The maximum absolute atomic E-state index is 16.5. The monoisotopic (exact) mass is 655 g/mol. The number of nitrogens with one attached hydrogen (secondary N) is 3. The number of rotatable bonds is 12. The van der Waals surface area contributed by atoms with Crippen LogP contribution in [0.2, 0.25) is 5.02 Å². The smallest absolute Gasteiger partial charge is 0.407 e. The first-order valence-corrected chi connectivity index (χ1v) is 15.0. The maximum Gasteiger partial charge on any atom is 0.407 e. The van der Waals surface area contributed by atoms with Crippen molar-refractivity contribution in [3.05, 3.63) is 100 Å². The van der Waals surface area contributed by atoms with E-state index in [9.17, 15) is 19.2 Å². The molecule has 0 aromatic heterocycles. The number of ether oxygens (including phenoxy) is 3. The molecule has 0 spiro atoms. The zero-order valence-electron chi connectivity index (χ0n) is 26.4. The lowest BCUT2D eigenvalue weighted by molar-refractivity contribution is -0.131. The van der Waals surface area contributed by atoms with Gasteiger partial charge in [-0.2, -0.15) is 0 Å². The van der Waals surface area contributed by atoms with Crippen LogP contribution in [0.4, 0.5) is 14.0 Å². The van der Waals surface area contributed by atoms with Crippen molar-refractivity contribution in [1.29, 1.82) is 0 Å². The fraction of sp³-hybridized carbons (Fsp3) is 0.353. The van der Waals surface area contributed by atoms with E-state index in [2.05, 4.69) is 16.0 Å².